The fourth-order valence-electron chi connectivity index (χ4n) is 2.64. The number of carbonyl (C=O) groups is 1. The van der Waals surface area contributed by atoms with Crippen molar-refractivity contribution in [1.82, 2.24) is 4.98 Å². The lowest BCUT2D eigenvalue weighted by atomic mass is 10.1. The lowest BCUT2D eigenvalue weighted by molar-refractivity contribution is -0.117. The highest BCUT2D eigenvalue weighted by molar-refractivity contribution is 5.94. The van der Waals surface area contributed by atoms with E-state index in [2.05, 4.69) is 15.2 Å². The molecule has 2 aromatic rings. The first-order valence-corrected chi connectivity index (χ1v) is 8.11. The molecule has 8 heteroatoms. The van der Waals surface area contributed by atoms with E-state index in [1.165, 1.54) is 0 Å². The van der Waals surface area contributed by atoms with Gasteiger partial charge in [0.1, 0.15) is 5.82 Å². The number of hydrogen-bond donors (Lipinski definition) is 2. The second-order valence-electron chi connectivity index (χ2n) is 5.79. The van der Waals surface area contributed by atoms with Crippen molar-refractivity contribution in [3.8, 4) is 0 Å². The van der Waals surface area contributed by atoms with E-state index in [1.807, 2.05) is 42.5 Å². The summed E-state index contributed by atoms with van der Waals surface area (Å²) < 4.78 is 5.33. The molecule has 2 heterocycles. The van der Waals surface area contributed by atoms with Crippen LogP contribution in [0.25, 0.3) is 0 Å². The largest absolute Gasteiger partial charge is 0.378 e. The van der Waals surface area contributed by atoms with Crippen molar-refractivity contribution < 1.29 is 9.53 Å². The molecule has 1 aromatic carbocycles. The van der Waals surface area contributed by atoms with E-state index in [-0.39, 0.29) is 30.7 Å². The van der Waals surface area contributed by atoms with Gasteiger partial charge in [-0.25, -0.2) is 4.98 Å². The summed E-state index contributed by atoms with van der Waals surface area (Å²) in [5, 5.41) is 2.82. The van der Waals surface area contributed by atoms with Gasteiger partial charge in [-0.05, 0) is 24.1 Å². The molecule has 3 rings (SSSR count). The van der Waals surface area contributed by atoms with E-state index < -0.39 is 6.04 Å². The number of amides is 1. The number of morpholine rings is 1. The highest BCUT2D eigenvalue weighted by atomic mass is 35.5. The van der Waals surface area contributed by atoms with Crippen LogP contribution in [0.2, 0.25) is 0 Å². The Hall–Kier alpha value is -1.86. The average molecular weight is 399 g/mol. The van der Waals surface area contributed by atoms with Crippen molar-refractivity contribution in [1.29, 1.82) is 0 Å². The summed E-state index contributed by atoms with van der Waals surface area (Å²) in [4.78, 5) is 18.8. The molecule has 0 bridgehead atoms. The second-order valence-corrected chi connectivity index (χ2v) is 5.79. The molecule has 0 unspecified atom stereocenters. The third kappa shape index (κ3) is 6.14. The number of rotatable bonds is 5. The number of ether oxygens (including phenoxy) is 1. The van der Waals surface area contributed by atoms with Gasteiger partial charge < -0.3 is 20.7 Å². The lowest BCUT2D eigenvalue weighted by Crippen LogP contribution is -2.37. The Morgan fingerprint density at radius 2 is 1.85 bits per heavy atom. The first-order valence-electron chi connectivity index (χ1n) is 8.11. The Kier molecular flexibility index (Phi) is 9.37. The maximum atomic E-state index is 12.2. The van der Waals surface area contributed by atoms with Crippen LogP contribution in [-0.2, 0) is 16.0 Å². The molecular formula is C18H24Cl2N4O2. The number of carbonyl (C=O) groups excluding carboxylic acids is 1. The molecule has 1 saturated heterocycles. The molecule has 0 saturated carbocycles. The van der Waals surface area contributed by atoms with Crippen molar-refractivity contribution in [3.63, 3.8) is 0 Å². The van der Waals surface area contributed by atoms with Gasteiger partial charge >= 0.3 is 0 Å². The van der Waals surface area contributed by atoms with Gasteiger partial charge in [-0.3, -0.25) is 4.79 Å². The number of hydrogen-bond acceptors (Lipinski definition) is 5. The van der Waals surface area contributed by atoms with Gasteiger partial charge in [0.2, 0.25) is 5.91 Å². The molecule has 26 heavy (non-hydrogen) atoms. The summed E-state index contributed by atoms with van der Waals surface area (Å²) in [7, 11) is 0. The van der Waals surface area contributed by atoms with Gasteiger partial charge in [0, 0.05) is 13.1 Å². The van der Waals surface area contributed by atoms with Crippen molar-refractivity contribution >= 4 is 42.2 Å². The summed E-state index contributed by atoms with van der Waals surface area (Å²) in [5.41, 5.74) is 7.69. The Morgan fingerprint density at radius 3 is 2.46 bits per heavy atom. The van der Waals surface area contributed by atoms with Crippen molar-refractivity contribution in [2.75, 3.05) is 36.5 Å². The minimum absolute atomic E-state index is 0. The molecule has 1 atom stereocenters. The summed E-state index contributed by atoms with van der Waals surface area (Å²) in [6.07, 6.45) is 2.17. The van der Waals surface area contributed by atoms with E-state index in [1.54, 1.807) is 6.20 Å². The quantitative estimate of drug-likeness (QED) is 0.807. The summed E-state index contributed by atoms with van der Waals surface area (Å²) in [6, 6.07) is 12.9. The third-order valence-corrected chi connectivity index (χ3v) is 3.99. The standard InChI is InChI=1S/C18H22N4O2.2ClH/c19-16(12-14-4-2-1-3-5-14)18(23)21-15-6-7-17(20-13-15)22-8-10-24-11-9-22;;/h1-7,13,16H,8-12,19H2,(H,21,23);2*1H/t16-;;/m0../s1. The zero-order chi connectivity index (χ0) is 16.8. The molecule has 3 N–H and O–H groups in total. The number of benzene rings is 1. The smallest absolute Gasteiger partial charge is 0.241 e. The van der Waals surface area contributed by atoms with Crippen molar-refractivity contribution in [2.24, 2.45) is 5.73 Å². The van der Waals surface area contributed by atoms with Gasteiger partial charge in [-0.2, -0.15) is 0 Å². The van der Waals surface area contributed by atoms with Crippen LogP contribution in [0.1, 0.15) is 5.56 Å². The minimum Gasteiger partial charge on any atom is -0.378 e. The monoisotopic (exact) mass is 398 g/mol. The maximum absolute atomic E-state index is 12.2. The van der Waals surface area contributed by atoms with Crippen molar-refractivity contribution in [2.45, 2.75) is 12.5 Å². The number of halogens is 2. The third-order valence-electron chi connectivity index (χ3n) is 3.99. The maximum Gasteiger partial charge on any atom is 0.241 e. The van der Waals surface area contributed by atoms with Gasteiger partial charge in [-0.15, -0.1) is 24.8 Å². The minimum atomic E-state index is -0.591. The molecule has 1 aromatic heterocycles. The van der Waals surface area contributed by atoms with Crippen LogP contribution in [0, 0.1) is 0 Å². The zero-order valence-corrected chi connectivity index (χ0v) is 16.0. The molecule has 1 aliphatic heterocycles. The zero-order valence-electron chi connectivity index (χ0n) is 14.3. The Bertz CT molecular complexity index is 665. The summed E-state index contributed by atoms with van der Waals surface area (Å²) >= 11 is 0. The first kappa shape index (κ1) is 22.2. The molecule has 0 spiro atoms. The molecule has 0 radical (unpaired) electrons. The Balaban J connectivity index is 0.00000169. The normalized spacial score (nSPS) is 14.6. The van der Waals surface area contributed by atoms with E-state index in [0.717, 1.165) is 24.5 Å². The van der Waals surface area contributed by atoms with Gasteiger partial charge in [0.25, 0.3) is 0 Å². The Labute approximate surface area is 165 Å². The molecule has 1 amide bonds. The number of anilines is 2. The van der Waals surface area contributed by atoms with Crippen LogP contribution in [-0.4, -0.2) is 43.2 Å². The molecular weight excluding hydrogens is 375 g/mol. The number of nitrogens with two attached hydrogens (primary N) is 1. The number of nitrogens with one attached hydrogen (secondary N) is 1. The number of nitrogens with zero attached hydrogens (tertiary/aromatic N) is 2. The van der Waals surface area contributed by atoms with Crippen LogP contribution in [0.4, 0.5) is 11.5 Å². The van der Waals surface area contributed by atoms with E-state index >= 15 is 0 Å². The predicted molar refractivity (Wildman–Crippen MR) is 109 cm³/mol. The fraction of sp³-hybridized carbons (Fsp3) is 0.333. The van der Waals surface area contributed by atoms with E-state index in [0.29, 0.717) is 25.3 Å². The highest BCUT2D eigenvalue weighted by Gasteiger charge is 2.15. The Morgan fingerprint density at radius 1 is 1.15 bits per heavy atom. The number of pyridine rings is 1. The van der Waals surface area contributed by atoms with Crippen LogP contribution in [0.5, 0.6) is 0 Å². The van der Waals surface area contributed by atoms with E-state index in [4.69, 9.17) is 10.5 Å². The highest BCUT2D eigenvalue weighted by Crippen LogP contribution is 2.15. The molecule has 142 valence electrons. The summed E-state index contributed by atoms with van der Waals surface area (Å²) in [6.45, 7) is 3.10. The van der Waals surface area contributed by atoms with E-state index in [9.17, 15) is 4.79 Å². The van der Waals surface area contributed by atoms with Crippen LogP contribution >= 0.6 is 24.8 Å². The van der Waals surface area contributed by atoms with Gasteiger partial charge in [0.15, 0.2) is 0 Å². The van der Waals surface area contributed by atoms with Gasteiger partial charge in [-0.1, -0.05) is 30.3 Å². The molecule has 6 nitrogen and oxygen atoms in total. The number of aromatic nitrogens is 1. The summed E-state index contributed by atoms with van der Waals surface area (Å²) in [5.74, 6) is 0.685. The van der Waals surface area contributed by atoms with Crippen LogP contribution in [0.15, 0.2) is 48.7 Å². The predicted octanol–water partition coefficient (Wildman–Crippen LogP) is 2.27. The van der Waals surface area contributed by atoms with Crippen LogP contribution < -0.4 is 16.0 Å². The van der Waals surface area contributed by atoms with Crippen molar-refractivity contribution in [3.05, 3.63) is 54.2 Å². The van der Waals surface area contributed by atoms with Crippen LogP contribution in [0.3, 0.4) is 0 Å². The fourth-order valence-corrected chi connectivity index (χ4v) is 2.64. The second kappa shape index (κ2) is 11.0. The average Bonchev–Trinajstić information content (AvgIpc) is 2.64. The molecule has 1 fully saturated rings. The molecule has 1 aliphatic rings. The topological polar surface area (TPSA) is 80.5 Å². The van der Waals surface area contributed by atoms with Gasteiger partial charge in [0.05, 0.1) is 31.1 Å². The first-order chi connectivity index (χ1) is 11.7. The SMILES string of the molecule is Cl.Cl.N[C@@H](Cc1ccccc1)C(=O)Nc1ccc(N2CCOCC2)nc1. The lowest BCUT2D eigenvalue weighted by Gasteiger charge is -2.27. The molecule has 0 aliphatic carbocycles.